The molecule has 72 valence electrons. The molecule has 0 spiro atoms. The van der Waals surface area contributed by atoms with E-state index in [4.69, 9.17) is 0 Å². The summed E-state index contributed by atoms with van der Waals surface area (Å²) >= 11 is 0. The minimum Gasteiger partial charge on any atom is -0.256 e. The Labute approximate surface area is 85.8 Å². The van der Waals surface area contributed by atoms with Crippen LogP contribution in [0, 0.1) is 0 Å². The van der Waals surface area contributed by atoms with Crippen LogP contribution in [0.3, 0.4) is 0 Å². The van der Waals surface area contributed by atoms with Crippen molar-refractivity contribution >= 4 is 24.2 Å². The van der Waals surface area contributed by atoms with Gasteiger partial charge in [-0.25, -0.2) is 0 Å². The molecular formula is C12H15NSi. The van der Waals surface area contributed by atoms with Crippen molar-refractivity contribution in [3.05, 3.63) is 36.5 Å². The highest BCUT2D eigenvalue weighted by atomic mass is 28.3. The van der Waals surface area contributed by atoms with Gasteiger partial charge >= 0.3 is 0 Å². The van der Waals surface area contributed by atoms with Gasteiger partial charge in [-0.3, -0.25) is 4.98 Å². The topological polar surface area (TPSA) is 12.9 Å². The first-order chi connectivity index (χ1) is 6.59. The second kappa shape index (κ2) is 3.21. The fourth-order valence-electron chi connectivity index (χ4n) is 1.75. The maximum atomic E-state index is 4.38. The van der Waals surface area contributed by atoms with Crippen LogP contribution in [0.1, 0.15) is 0 Å². The van der Waals surface area contributed by atoms with E-state index in [0.717, 1.165) is 5.52 Å². The van der Waals surface area contributed by atoms with E-state index < -0.39 is 8.07 Å². The van der Waals surface area contributed by atoms with Crippen molar-refractivity contribution < 1.29 is 0 Å². The van der Waals surface area contributed by atoms with E-state index >= 15 is 0 Å². The quantitative estimate of drug-likeness (QED) is 0.647. The molecule has 0 aliphatic rings. The van der Waals surface area contributed by atoms with Crippen LogP contribution in [0.5, 0.6) is 0 Å². The van der Waals surface area contributed by atoms with Crippen LogP contribution < -0.4 is 5.19 Å². The molecule has 0 saturated heterocycles. The lowest BCUT2D eigenvalue weighted by molar-refractivity contribution is 1.42. The van der Waals surface area contributed by atoms with E-state index in [-0.39, 0.29) is 0 Å². The zero-order valence-corrected chi connectivity index (χ0v) is 9.91. The fourth-order valence-corrected chi connectivity index (χ4v) is 3.34. The monoisotopic (exact) mass is 201 g/mol. The third kappa shape index (κ3) is 1.57. The third-order valence-electron chi connectivity index (χ3n) is 2.46. The molecule has 14 heavy (non-hydrogen) atoms. The average Bonchev–Trinajstić information content (AvgIpc) is 2.15. The van der Waals surface area contributed by atoms with E-state index in [9.17, 15) is 0 Å². The number of hydrogen-bond donors (Lipinski definition) is 0. The van der Waals surface area contributed by atoms with E-state index in [1.807, 2.05) is 12.3 Å². The maximum Gasteiger partial charge on any atom is 0.0785 e. The summed E-state index contributed by atoms with van der Waals surface area (Å²) in [5, 5.41) is 2.83. The van der Waals surface area contributed by atoms with Crippen molar-refractivity contribution in [3.63, 3.8) is 0 Å². The first-order valence-electron chi connectivity index (χ1n) is 4.93. The summed E-state index contributed by atoms with van der Waals surface area (Å²) in [6.45, 7) is 7.11. The minimum absolute atomic E-state index is 1.12. The lowest BCUT2D eigenvalue weighted by atomic mass is 10.2. The van der Waals surface area contributed by atoms with Crippen LogP contribution in [0.2, 0.25) is 19.6 Å². The molecule has 0 bridgehead atoms. The largest absolute Gasteiger partial charge is 0.256 e. The summed E-state index contributed by atoms with van der Waals surface area (Å²) in [4.78, 5) is 4.38. The second-order valence-corrected chi connectivity index (χ2v) is 9.66. The molecule has 0 amide bonds. The molecule has 1 nitrogen and oxygen atoms in total. The van der Waals surface area contributed by atoms with Crippen molar-refractivity contribution in [3.8, 4) is 0 Å². The first kappa shape index (κ1) is 9.40. The van der Waals surface area contributed by atoms with Gasteiger partial charge in [0.1, 0.15) is 0 Å². The number of hydrogen-bond acceptors (Lipinski definition) is 1. The smallest absolute Gasteiger partial charge is 0.0785 e. The first-order valence-corrected chi connectivity index (χ1v) is 8.43. The predicted octanol–water partition coefficient (Wildman–Crippen LogP) is 2.78. The van der Waals surface area contributed by atoms with Gasteiger partial charge < -0.3 is 0 Å². The van der Waals surface area contributed by atoms with E-state index in [1.54, 1.807) is 0 Å². The Morgan fingerprint density at radius 2 is 1.71 bits per heavy atom. The Balaban J connectivity index is 2.78. The summed E-state index contributed by atoms with van der Waals surface area (Å²) in [5.41, 5.74) is 1.12. The number of rotatable bonds is 1. The van der Waals surface area contributed by atoms with Gasteiger partial charge in [-0.1, -0.05) is 37.8 Å². The van der Waals surface area contributed by atoms with Gasteiger partial charge in [0.2, 0.25) is 0 Å². The predicted molar refractivity (Wildman–Crippen MR) is 64.7 cm³/mol. The molecule has 0 aliphatic heterocycles. The normalized spacial score (nSPS) is 11.9. The summed E-state index contributed by atoms with van der Waals surface area (Å²) in [6, 6.07) is 10.6. The Morgan fingerprint density at radius 3 is 2.43 bits per heavy atom. The van der Waals surface area contributed by atoms with Crippen LogP contribution in [0.15, 0.2) is 36.5 Å². The zero-order chi connectivity index (χ0) is 10.2. The lowest BCUT2D eigenvalue weighted by Gasteiger charge is -2.18. The standard InChI is InChI=1S/C12H15NSi/c1-14(2,3)12-8-9-13-11-7-5-4-6-10(11)12/h4-9H,1-3H3. The summed E-state index contributed by atoms with van der Waals surface area (Å²) in [6.07, 6.45) is 1.93. The second-order valence-electron chi connectivity index (χ2n) is 4.63. The molecular weight excluding hydrogens is 186 g/mol. The van der Waals surface area contributed by atoms with Crippen LogP contribution in [0.25, 0.3) is 10.9 Å². The zero-order valence-electron chi connectivity index (χ0n) is 8.91. The summed E-state index contributed by atoms with van der Waals surface area (Å²) in [7, 11) is -1.24. The highest BCUT2D eigenvalue weighted by Gasteiger charge is 2.18. The van der Waals surface area contributed by atoms with Crippen molar-refractivity contribution in [2.45, 2.75) is 19.6 Å². The molecule has 0 radical (unpaired) electrons. The summed E-state index contributed by atoms with van der Waals surface area (Å²) in [5.74, 6) is 0. The number of pyridine rings is 1. The Hall–Kier alpha value is -1.15. The number of para-hydroxylation sites is 1. The number of fused-ring (bicyclic) bond motifs is 1. The third-order valence-corrected chi connectivity index (χ3v) is 4.51. The molecule has 1 aromatic heterocycles. The van der Waals surface area contributed by atoms with Crippen LogP contribution >= 0.6 is 0 Å². The van der Waals surface area contributed by atoms with E-state index in [1.165, 1.54) is 10.6 Å². The molecule has 0 fully saturated rings. The average molecular weight is 201 g/mol. The minimum atomic E-state index is -1.24. The Bertz CT molecular complexity index is 452. The molecule has 0 saturated carbocycles. The molecule has 0 atom stereocenters. The van der Waals surface area contributed by atoms with Gasteiger partial charge in [0.05, 0.1) is 13.6 Å². The highest BCUT2D eigenvalue weighted by Crippen LogP contribution is 2.12. The van der Waals surface area contributed by atoms with Gasteiger partial charge in [0.25, 0.3) is 0 Å². The van der Waals surface area contributed by atoms with Crippen molar-refractivity contribution in [1.82, 2.24) is 4.98 Å². The molecule has 2 heteroatoms. The van der Waals surface area contributed by atoms with Gasteiger partial charge in [-0.05, 0) is 22.7 Å². The van der Waals surface area contributed by atoms with E-state index in [2.05, 4.69) is 48.9 Å². The summed E-state index contributed by atoms with van der Waals surface area (Å²) < 4.78 is 0. The molecule has 2 aromatic rings. The van der Waals surface area contributed by atoms with Crippen molar-refractivity contribution in [2.75, 3.05) is 0 Å². The van der Waals surface area contributed by atoms with Crippen LogP contribution in [0.4, 0.5) is 0 Å². The molecule has 0 N–H and O–H groups in total. The molecule has 2 rings (SSSR count). The SMILES string of the molecule is C[Si](C)(C)c1ccnc2ccccc12. The molecule has 0 unspecified atom stereocenters. The maximum absolute atomic E-state index is 4.38. The van der Waals surface area contributed by atoms with E-state index in [0.29, 0.717) is 0 Å². The van der Waals surface area contributed by atoms with Crippen LogP contribution in [-0.4, -0.2) is 13.1 Å². The Kier molecular flexibility index (Phi) is 2.15. The van der Waals surface area contributed by atoms with Crippen molar-refractivity contribution in [2.24, 2.45) is 0 Å². The van der Waals surface area contributed by atoms with Gasteiger partial charge in [-0.2, -0.15) is 0 Å². The van der Waals surface area contributed by atoms with Crippen molar-refractivity contribution in [1.29, 1.82) is 0 Å². The van der Waals surface area contributed by atoms with Gasteiger partial charge in [0.15, 0.2) is 0 Å². The molecule has 1 aromatic carbocycles. The molecule has 0 aliphatic carbocycles. The molecule has 1 heterocycles. The van der Waals surface area contributed by atoms with Crippen LogP contribution in [-0.2, 0) is 0 Å². The van der Waals surface area contributed by atoms with Gasteiger partial charge in [-0.15, -0.1) is 0 Å². The van der Waals surface area contributed by atoms with Gasteiger partial charge in [0, 0.05) is 6.20 Å². The highest BCUT2D eigenvalue weighted by molar-refractivity contribution is 6.90. The Morgan fingerprint density at radius 1 is 1.00 bits per heavy atom. The fraction of sp³-hybridized carbons (Fsp3) is 0.250. The number of benzene rings is 1. The number of nitrogens with zero attached hydrogens (tertiary/aromatic N) is 1. The lowest BCUT2D eigenvalue weighted by Crippen LogP contribution is -2.38. The number of aromatic nitrogens is 1.